The Morgan fingerprint density at radius 1 is 1.00 bits per heavy atom. The van der Waals surface area contributed by atoms with Crippen LogP contribution in [-0.2, 0) is 0 Å². The summed E-state index contributed by atoms with van der Waals surface area (Å²) in [6.45, 7) is 13.9. The molecule has 1 rings (SSSR count). The maximum atomic E-state index is 4.48. The van der Waals surface area contributed by atoms with E-state index in [1.54, 1.807) is 0 Å². The van der Waals surface area contributed by atoms with Crippen molar-refractivity contribution in [2.24, 2.45) is 4.99 Å². The second kappa shape index (κ2) is 3.62. The van der Waals surface area contributed by atoms with E-state index in [0.717, 1.165) is 0 Å². The highest BCUT2D eigenvalue weighted by Gasteiger charge is 2.42. The van der Waals surface area contributed by atoms with Crippen LogP contribution in [0.2, 0.25) is 0 Å². The van der Waals surface area contributed by atoms with Crippen LogP contribution in [-0.4, -0.2) is 21.9 Å². The Morgan fingerprint density at radius 2 is 1.50 bits per heavy atom. The molecule has 0 spiro atoms. The maximum absolute atomic E-state index is 4.48. The summed E-state index contributed by atoms with van der Waals surface area (Å²) in [6, 6.07) is 0. The average Bonchev–Trinajstić information content (AvgIpc) is 2.31. The van der Waals surface area contributed by atoms with Gasteiger partial charge in [-0.25, -0.2) is 4.99 Å². The summed E-state index contributed by atoms with van der Waals surface area (Å²) in [5, 5.41) is 0.657. The average molecular weight is 210 g/mol. The molecule has 0 saturated carbocycles. The van der Waals surface area contributed by atoms with Gasteiger partial charge in [-0.3, -0.25) is 0 Å². The molecule has 1 nitrogen and oxygen atoms in total. The Labute approximate surface area is 88.7 Å². The molecule has 0 saturated heterocycles. The van der Waals surface area contributed by atoms with Crippen LogP contribution in [0.3, 0.4) is 0 Å². The van der Waals surface area contributed by atoms with E-state index >= 15 is 0 Å². The summed E-state index contributed by atoms with van der Waals surface area (Å²) in [4.78, 5) is 4.48. The lowest BCUT2D eigenvalue weighted by Gasteiger charge is -2.23. The molecule has 1 aliphatic heterocycles. The van der Waals surface area contributed by atoms with Crippen LogP contribution in [0.25, 0.3) is 0 Å². The van der Waals surface area contributed by atoms with Gasteiger partial charge in [0.2, 0.25) is 5.42 Å². The fraction of sp³-hybridized carbons (Fsp3) is 0.667. The number of allylic oxidation sites excluding steroid dienone is 1. The van der Waals surface area contributed by atoms with Crippen LogP contribution < -0.4 is 0 Å². The largest absolute Gasteiger partial charge is 0.234 e. The lowest BCUT2D eigenvalue weighted by molar-refractivity contribution is 0.721. The molecule has 0 N–H and O–H groups in total. The van der Waals surface area contributed by atoms with Crippen molar-refractivity contribution < 1.29 is 0 Å². The Kier molecular flexibility index (Phi) is 3.02. The zero-order valence-corrected chi connectivity index (χ0v) is 11.0. The quantitative estimate of drug-likeness (QED) is 0.539. The van der Waals surface area contributed by atoms with E-state index in [9.17, 15) is 0 Å². The number of rotatable bonds is 0. The van der Waals surface area contributed by atoms with Crippen molar-refractivity contribution in [2.75, 3.05) is 0 Å². The monoisotopic (exact) mass is 210 g/mol. The Morgan fingerprint density at radius 3 is 1.79 bits per heavy atom. The van der Waals surface area contributed by atoms with E-state index in [-0.39, 0.29) is 7.55 Å². The summed E-state index contributed by atoms with van der Waals surface area (Å²) in [6.07, 6.45) is 6.12. The van der Waals surface area contributed by atoms with Gasteiger partial charge in [-0.05, 0) is 47.6 Å². The minimum absolute atomic E-state index is 0.212. The third kappa shape index (κ3) is 2.54. The standard InChI is InChI=1S/C12H21NP/c1-11(2,3)14(12(4,5)6)10-8-7-9-13-10/h7-9H,1-6H3/q+1. The number of nitrogens with zero attached hydrogens (tertiary/aromatic N) is 1. The lowest BCUT2D eigenvalue weighted by atomic mass is 10.2. The van der Waals surface area contributed by atoms with Crippen LogP contribution in [0.15, 0.2) is 17.1 Å². The molecule has 0 aromatic carbocycles. The summed E-state index contributed by atoms with van der Waals surface area (Å²) < 4.78 is 0. The first-order valence-electron chi connectivity index (χ1n) is 5.11. The minimum atomic E-state index is -0.212. The van der Waals surface area contributed by atoms with Crippen LogP contribution in [0.5, 0.6) is 0 Å². The fourth-order valence-electron chi connectivity index (χ4n) is 2.12. The topological polar surface area (TPSA) is 12.4 Å². The maximum Gasteiger partial charge on any atom is 0.234 e. The minimum Gasteiger partial charge on any atom is -0.216 e. The van der Waals surface area contributed by atoms with Crippen LogP contribution in [0.1, 0.15) is 41.5 Å². The predicted molar refractivity (Wildman–Crippen MR) is 69.1 cm³/mol. The van der Waals surface area contributed by atoms with Gasteiger partial charge in [0.15, 0.2) is 0 Å². The first kappa shape index (κ1) is 11.7. The number of hydrogen-bond acceptors (Lipinski definition) is 0. The fourth-order valence-corrected chi connectivity index (χ4v) is 5.92. The molecule has 0 amide bonds. The molecule has 0 aromatic heterocycles. The third-order valence-corrected chi connectivity index (χ3v) is 5.51. The molecule has 0 aromatic rings. The van der Waals surface area contributed by atoms with Gasteiger partial charge in [0.1, 0.15) is 17.9 Å². The summed E-state index contributed by atoms with van der Waals surface area (Å²) in [5.74, 6) is 0. The Bertz CT molecular complexity index is 278. The van der Waals surface area contributed by atoms with Crippen molar-refractivity contribution in [3.63, 3.8) is 0 Å². The third-order valence-electron chi connectivity index (χ3n) is 2.11. The van der Waals surface area contributed by atoms with Crippen LogP contribution in [0.4, 0.5) is 0 Å². The molecule has 2 heteroatoms. The number of aliphatic imine (C=N–C) groups is 1. The zero-order chi connectivity index (χ0) is 11.0. The first-order chi connectivity index (χ1) is 6.23. The van der Waals surface area contributed by atoms with Crippen molar-refractivity contribution in [2.45, 2.75) is 51.9 Å². The Hall–Kier alpha value is -0.420. The SMILES string of the molecule is CC(C)(C)[P+](=C1C=CC=N1)C(C)(C)C. The number of hydrogen-bond donors (Lipinski definition) is 0. The molecule has 0 fully saturated rings. The highest BCUT2D eigenvalue weighted by Crippen LogP contribution is 2.52. The molecule has 1 aliphatic rings. The van der Waals surface area contributed by atoms with Crippen LogP contribution in [0, 0.1) is 0 Å². The highest BCUT2D eigenvalue weighted by atomic mass is 31.1. The van der Waals surface area contributed by atoms with E-state index in [4.69, 9.17) is 0 Å². The summed E-state index contributed by atoms with van der Waals surface area (Å²) in [7, 11) is -0.212. The molecule has 0 atom stereocenters. The predicted octanol–water partition coefficient (Wildman–Crippen LogP) is 3.84. The normalized spacial score (nSPS) is 16.6. The second-order valence-electron chi connectivity index (χ2n) is 5.67. The molecule has 1 heterocycles. The van der Waals surface area contributed by atoms with Crippen molar-refractivity contribution in [1.29, 1.82) is 0 Å². The molecular weight excluding hydrogens is 189 g/mol. The second-order valence-corrected chi connectivity index (χ2v) is 9.48. The van der Waals surface area contributed by atoms with Gasteiger partial charge >= 0.3 is 0 Å². The van der Waals surface area contributed by atoms with Gasteiger partial charge < -0.3 is 0 Å². The molecule has 0 bridgehead atoms. The van der Waals surface area contributed by atoms with E-state index in [2.05, 4.69) is 52.6 Å². The van der Waals surface area contributed by atoms with E-state index in [0.29, 0.717) is 10.3 Å². The molecule has 78 valence electrons. The van der Waals surface area contributed by atoms with E-state index in [1.807, 2.05) is 12.3 Å². The molecule has 0 unspecified atom stereocenters. The zero-order valence-electron chi connectivity index (χ0n) is 10.1. The smallest absolute Gasteiger partial charge is 0.216 e. The van der Waals surface area contributed by atoms with Gasteiger partial charge in [0.25, 0.3) is 0 Å². The molecule has 0 aliphatic carbocycles. The summed E-state index contributed by atoms with van der Waals surface area (Å²) >= 11 is 0. The van der Waals surface area contributed by atoms with E-state index < -0.39 is 0 Å². The van der Waals surface area contributed by atoms with Gasteiger partial charge in [-0.15, -0.1) is 0 Å². The van der Waals surface area contributed by atoms with E-state index in [1.165, 1.54) is 5.42 Å². The lowest BCUT2D eigenvalue weighted by Crippen LogP contribution is -2.23. The van der Waals surface area contributed by atoms with Gasteiger partial charge in [-0.2, -0.15) is 0 Å². The van der Waals surface area contributed by atoms with Crippen molar-refractivity contribution in [3.05, 3.63) is 12.2 Å². The molecule has 0 radical (unpaired) electrons. The first-order valence-corrected chi connectivity index (χ1v) is 6.45. The van der Waals surface area contributed by atoms with Crippen molar-refractivity contribution >= 4 is 19.2 Å². The van der Waals surface area contributed by atoms with Gasteiger partial charge in [0.05, 0.1) is 0 Å². The Balaban J connectivity index is 3.27. The van der Waals surface area contributed by atoms with Crippen molar-refractivity contribution in [1.82, 2.24) is 0 Å². The molecule has 14 heavy (non-hydrogen) atoms. The van der Waals surface area contributed by atoms with Crippen LogP contribution >= 0.6 is 7.55 Å². The highest BCUT2D eigenvalue weighted by molar-refractivity contribution is 7.62. The van der Waals surface area contributed by atoms with Gasteiger partial charge in [0, 0.05) is 12.3 Å². The molecular formula is C12H21NP+. The summed E-state index contributed by atoms with van der Waals surface area (Å²) in [5.41, 5.74) is 1.29. The van der Waals surface area contributed by atoms with Gasteiger partial charge in [-0.1, -0.05) is 0 Å². The van der Waals surface area contributed by atoms with Crippen molar-refractivity contribution in [3.8, 4) is 0 Å².